The van der Waals surface area contributed by atoms with Gasteiger partial charge in [0.15, 0.2) is 0 Å². The van der Waals surface area contributed by atoms with Crippen LogP contribution in [0.5, 0.6) is 11.5 Å². The highest BCUT2D eigenvalue weighted by molar-refractivity contribution is 5.92. The van der Waals surface area contributed by atoms with Crippen LogP contribution in [-0.4, -0.2) is 19.4 Å². The quantitative estimate of drug-likeness (QED) is 0.910. The molecule has 0 fully saturated rings. The number of carbonyl (C=O) groups is 1. The lowest BCUT2D eigenvalue weighted by Gasteiger charge is -2.11. The molecule has 122 valence electrons. The molecule has 0 saturated heterocycles. The van der Waals surface area contributed by atoms with Crippen molar-refractivity contribution in [1.29, 1.82) is 0 Å². The Balaban J connectivity index is 1.98. The minimum Gasteiger partial charge on any atom is -0.497 e. The van der Waals surface area contributed by atoms with Crippen LogP contribution in [0.3, 0.4) is 0 Å². The van der Waals surface area contributed by atoms with Crippen molar-refractivity contribution in [3.63, 3.8) is 0 Å². The molecule has 0 aliphatic carbocycles. The van der Waals surface area contributed by atoms with Crippen LogP contribution in [0.15, 0.2) is 48.5 Å². The smallest absolute Gasteiger partial charge is 0.497 e. The van der Waals surface area contributed by atoms with Gasteiger partial charge >= 0.3 is 6.36 Å². The number of rotatable bonds is 5. The van der Waals surface area contributed by atoms with Gasteiger partial charge in [-0.05, 0) is 29.8 Å². The molecule has 1 amide bonds. The second-order valence-electron chi connectivity index (χ2n) is 4.65. The summed E-state index contributed by atoms with van der Waals surface area (Å²) in [6, 6.07) is 12.0. The Morgan fingerprint density at radius 2 is 1.78 bits per heavy atom. The number of ether oxygens (including phenoxy) is 2. The lowest BCUT2D eigenvalue weighted by Crippen LogP contribution is -2.18. The molecular formula is C16H14F3NO3. The van der Waals surface area contributed by atoms with Crippen LogP contribution in [0.1, 0.15) is 5.56 Å². The molecule has 7 heteroatoms. The van der Waals surface area contributed by atoms with Gasteiger partial charge in [-0.15, -0.1) is 13.2 Å². The monoisotopic (exact) mass is 325 g/mol. The van der Waals surface area contributed by atoms with E-state index >= 15 is 0 Å². The van der Waals surface area contributed by atoms with Crippen LogP contribution in [-0.2, 0) is 11.2 Å². The van der Waals surface area contributed by atoms with Crippen LogP contribution in [0.4, 0.5) is 18.9 Å². The standard InChI is InChI=1S/C16H14F3NO3/c1-22-13-7-5-11(6-8-13)9-15(21)20-12-3-2-4-14(10-12)23-16(17,18)19/h2-8,10H,9H2,1H3,(H,20,21). The summed E-state index contributed by atoms with van der Waals surface area (Å²) in [7, 11) is 1.54. The van der Waals surface area contributed by atoms with Crippen LogP contribution < -0.4 is 14.8 Å². The topological polar surface area (TPSA) is 47.6 Å². The highest BCUT2D eigenvalue weighted by atomic mass is 19.4. The molecule has 2 aromatic rings. The summed E-state index contributed by atoms with van der Waals surface area (Å²) in [5, 5.41) is 2.53. The van der Waals surface area contributed by atoms with Crippen LogP contribution in [0.2, 0.25) is 0 Å². The average Bonchev–Trinajstić information content (AvgIpc) is 2.46. The summed E-state index contributed by atoms with van der Waals surface area (Å²) in [5.41, 5.74) is 0.983. The first-order chi connectivity index (χ1) is 10.9. The van der Waals surface area contributed by atoms with Crippen molar-refractivity contribution in [2.45, 2.75) is 12.8 Å². The Kier molecular flexibility index (Phi) is 5.10. The zero-order chi connectivity index (χ0) is 16.9. The van der Waals surface area contributed by atoms with E-state index in [1.54, 1.807) is 24.3 Å². The first-order valence-corrected chi connectivity index (χ1v) is 6.64. The molecular weight excluding hydrogens is 311 g/mol. The van der Waals surface area contributed by atoms with Crippen LogP contribution >= 0.6 is 0 Å². The van der Waals surface area contributed by atoms with Crippen molar-refractivity contribution in [1.82, 2.24) is 0 Å². The van der Waals surface area contributed by atoms with E-state index in [0.717, 1.165) is 17.7 Å². The number of hydrogen-bond donors (Lipinski definition) is 1. The van der Waals surface area contributed by atoms with E-state index in [1.165, 1.54) is 19.2 Å². The zero-order valence-corrected chi connectivity index (χ0v) is 12.2. The van der Waals surface area contributed by atoms with Crippen molar-refractivity contribution in [3.05, 3.63) is 54.1 Å². The van der Waals surface area contributed by atoms with E-state index < -0.39 is 6.36 Å². The van der Waals surface area contributed by atoms with Crippen molar-refractivity contribution in [2.75, 3.05) is 12.4 Å². The summed E-state index contributed by atoms with van der Waals surface area (Å²) < 4.78 is 45.3. The van der Waals surface area contributed by atoms with E-state index in [1.807, 2.05) is 0 Å². The van der Waals surface area contributed by atoms with E-state index in [2.05, 4.69) is 10.1 Å². The van der Waals surface area contributed by atoms with Crippen molar-refractivity contribution in [3.8, 4) is 11.5 Å². The summed E-state index contributed by atoms with van der Waals surface area (Å²) >= 11 is 0. The van der Waals surface area contributed by atoms with Gasteiger partial charge in [0.25, 0.3) is 0 Å². The fourth-order valence-corrected chi connectivity index (χ4v) is 1.90. The second kappa shape index (κ2) is 7.04. The third-order valence-corrected chi connectivity index (χ3v) is 2.88. The summed E-state index contributed by atoms with van der Waals surface area (Å²) in [6.45, 7) is 0. The normalized spacial score (nSPS) is 11.0. The fraction of sp³-hybridized carbons (Fsp3) is 0.188. The predicted molar refractivity (Wildman–Crippen MR) is 78.5 cm³/mol. The first kappa shape index (κ1) is 16.7. The van der Waals surface area contributed by atoms with Gasteiger partial charge in [0.1, 0.15) is 11.5 Å². The van der Waals surface area contributed by atoms with Gasteiger partial charge < -0.3 is 14.8 Å². The zero-order valence-electron chi connectivity index (χ0n) is 12.2. The molecule has 0 saturated carbocycles. The number of methoxy groups -OCH3 is 1. The van der Waals surface area contributed by atoms with Gasteiger partial charge in [0.2, 0.25) is 5.91 Å². The molecule has 0 aliphatic rings. The van der Waals surface area contributed by atoms with E-state index in [4.69, 9.17) is 4.74 Å². The lowest BCUT2D eigenvalue weighted by atomic mass is 10.1. The fourth-order valence-electron chi connectivity index (χ4n) is 1.90. The maximum Gasteiger partial charge on any atom is 0.573 e. The highest BCUT2D eigenvalue weighted by Crippen LogP contribution is 2.25. The van der Waals surface area contributed by atoms with Crippen LogP contribution in [0.25, 0.3) is 0 Å². The number of halogens is 3. The third-order valence-electron chi connectivity index (χ3n) is 2.88. The molecule has 0 heterocycles. The van der Waals surface area contributed by atoms with Gasteiger partial charge in [-0.3, -0.25) is 4.79 Å². The summed E-state index contributed by atoms with van der Waals surface area (Å²) in [6.07, 6.45) is -4.68. The third kappa shape index (κ3) is 5.54. The Morgan fingerprint density at radius 3 is 2.39 bits per heavy atom. The molecule has 23 heavy (non-hydrogen) atoms. The Bertz CT molecular complexity index is 669. The molecule has 2 aromatic carbocycles. The van der Waals surface area contributed by atoms with Gasteiger partial charge in [-0.25, -0.2) is 0 Å². The maximum absolute atomic E-state index is 12.2. The van der Waals surface area contributed by atoms with Gasteiger partial charge in [0.05, 0.1) is 13.5 Å². The summed E-state index contributed by atoms with van der Waals surface area (Å²) in [4.78, 5) is 11.9. The Morgan fingerprint density at radius 1 is 1.09 bits per heavy atom. The van der Waals surface area contributed by atoms with Crippen molar-refractivity contribution < 1.29 is 27.4 Å². The average molecular weight is 325 g/mol. The minimum absolute atomic E-state index is 0.0916. The number of benzene rings is 2. The maximum atomic E-state index is 12.2. The predicted octanol–water partition coefficient (Wildman–Crippen LogP) is 3.78. The van der Waals surface area contributed by atoms with Crippen LogP contribution in [0, 0.1) is 0 Å². The molecule has 0 atom stereocenters. The number of carbonyl (C=O) groups excluding carboxylic acids is 1. The second-order valence-corrected chi connectivity index (χ2v) is 4.65. The number of anilines is 1. The molecule has 0 aliphatic heterocycles. The SMILES string of the molecule is COc1ccc(CC(=O)Nc2cccc(OC(F)(F)F)c2)cc1. The molecule has 2 rings (SSSR count). The number of alkyl halides is 3. The summed E-state index contributed by atoms with van der Waals surface area (Å²) in [5.74, 6) is -0.0646. The first-order valence-electron chi connectivity index (χ1n) is 6.64. The van der Waals surface area contributed by atoms with Crippen molar-refractivity contribution in [2.24, 2.45) is 0 Å². The Hall–Kier alpha value is -2.70. The largest absolute Gasteiger partial charge is 0.573 e. The minimum atomic E-state index is -4.77. The molecule has 4 nitrogen and oxygen atoms in total. The van der Waals surface area contributed by atoms with Gasteiger partial charge in [-0.1, -0.05) is 18.2 Å². The van der Waals surface area contributed by atoms with E-state index in [-0.39, 0.29) is 23.8 Å². The molecule has 0 aromatic heterocycles. The molecule has 1 N–H and O–H groups in total. The lowest BCUT2D eigenvalue weighted by molar-refractivity contribution is -0.274. The number of amides is 1. The number of nitrogens with one attached hydrogen (secondary N) is 1. The van der Waals surface area contributed by atoms with E-state index in [0.29, 0.717) is 5.75 Å². The van der Waals surface area contributed by atoms with Crippen molar-refractivity contribution >= 4 is 11.6 Å². The molecule has 0 bridgehead atoms. The molecule has 0 unspecified atom stereocenters. The Labute approximate surface area is 130 Å². The van der Waals surface area contributed by atoms with E-state index in [9.17, 15) is 18.0 Å². The van der Waals surface area contributed by atoms with Gasteiger partial charge in [0, 0.05) is 11.8 Å². The van der Waals surface area contributed by atoms with Gasteiger partial charge in [-0.2, -0.15) is 0 Å². The molecule has 0 spiro atoms. The molecule has 0 radical (unpaired) electrons. The highest BCUT2D eigenvalue weighted by Gasteiger charge is 2.31. The number of hydrogen-bond acceptors (Lipinski definition) is 3.